The van der Waals surface area contributed by atoms with E-state index in [2.05, 4.69) is 5.32 Å². The second kappa shape index (κ2) is 8.37. The van der Waals surface area contributed by atoms with E-state index in [0.29, 0.717) is 11.3 Å². The van der Waals surface area contributed by atoms with Crippen LogP contribution in [0.2, 0.25) is 0 Å². The van der Waals surface area contributed by atoms with E-state index in [9.17, 15) is 22.8 Å². The molecular formula is C18H16F3NO4. The Morgan fingerprint density at radius 2 is 1.62 bits per heavy atom. The highest BCUT2D eigenvalue weighted by Crippen LogP contribution is 2.30. The van der Waals surface area contributed by atoms with E-state index in [0.717, 1.165) is 24.3 Å². The Morgan fingerprint density at radius 1 is 1.00 bits per heavy atom. The van der Waals surface area contributed by atoms with E-state index in [4.69, 9.17) is 9.47 Å². The quantitative estimate of drug-likeness (QED) is 0.787. The number of hydrogen-bond acceptors (Lipinski definition) is 4. The number of alkyl halides is 3. The van der Waals surface area contributed by atoms with Crippen LogP contribution in [0.4, 0.5) is 18.9 Å². The molecule has 0 heterocycles. The first-order valence-corrected chi connectivity index (χ1v) is 7.66. The molecule has 0 radical (unpaired) electrons. The van der Waals surface area contributed by atoms with Gasteiger partial charge in [-0.15, -0.1) is 0 Å². The molecule has 0 bridgehead atoms. The van der Waals surface area contributed by atoms with Crippen molar-refractivity contribution in [3.63, 3.8) is 0 Å². The van der Waals surface area contributed by atoms with Crippen LogP contribution in [0.25, 0.3) is 0 Å². The molecule has 0 aliphatic rings. The monoisotopic (exact) mass is 367 g/mol. The maximum atomic E-state index is 12.5. The largest absolute Gasteiger partial charge is 0.484 e. The number of anilines is 1. The van der Waals surface area contributed by atoms with Gasteiger partial charge in [0.05, 0.1) is 17.7 Å². The summed E-state index contributed by atoms with van der Waals surface area (Å²) in [4.78, 5) is 23.3. The van der Waals surface area contributed by atoms with Gasteiger partial charge < -0.3 is 14.8 Å². The Hall–Kier alpha value is -3.03. The Kier molecular flexibility index (Phi) is 6.21. The number of carbonyl (C=O) groups is 2. The molecule has 1 N–H and O–H groups in total. The Bertz CT molecular complexity index is 756. The molecule has 0 saturated carbocycles. The van der Waals surface area contributed by atoms with E-state index in [1.54, 1.807) is 6.92 Å². The van der Waals surface area contributed by atoms with Crippen molar-refractivity contribution in [3.8, 4) is 5.75 Å². The molecule has 1 amide bonds. The fourth-order valence-corrected chi connectivity index (χ4v) is 1.99. The summed E-state index contributed by atoms with van der Waals surface area (Å²) in [5.41, 5.74) is 0.000845. The van der Waals surface area contributed by atoms with Crippen LogP contribution < -0.4 is 10.1 Å². The van der Waals surface area contributed by atoms with Crippen molar-refractivity contribution < 1.29 is 32.2 Å². The van der Waals surface area contributed by atoms with Crippen LogP contribution in [0.5, 0.6) is 5.75 Å². The maximum Gasteiger partial charge on any atom is 0.416 e. The summed E-state index contributed by atoms with van der Waals surface area (Å²) in [6.07, 6.45) is -4.42. The van der Waals surface area contributed by atoms with Gasteiger partial charge in [-0.2, -0.15) is 13.2 Å². The predicted octanol–water partition coefficient (Wildman–Crippen LogP) is 3.90. The number of esters is 1. The van der Waals surface area contributed by atoms with Crippen molar-refractivity contribution in [1.82, 2.24) is 0 Å². The minimum atomic E-state index is -4.42. The minimum absolute atomic E-state index is 0.144. The summed E-state index contributed by atoms with van der Waals surface area (Å²) in [6, 6.07) is 10.1. The lowest BCUT2D eigenvalue weighted by Crippen LogP contribution is -2.20. The van der Waals surface area contributed by atoms with Crippen LogP contribution in [0, 0.1) is 0 Å². The average Bonchev–Trinajstić information content (AvgIpc) is 2.60. The van der Waals surface area contributed by atoms with Crippen LogP contribution in [0.15, 0.2) is 48.5 Å². The number of halogens is 3. The molecule has 138 valence electrons. The highest BCUT2D eigenvalue weighted by atomic mass is 19.4. The van der Waals surface area contributed by atoms with Gasteiger partial charge in [-0.3, -0.25) is 4.79 Å². The van der Waals surface area contributed by atoms with Crippen molar-refractivity contribution in [2.75, 3.05) is 18.5 Å². The minimum Gasteiger partial charge on any atom is -0.484 e. The van der Waals surface area contributed by atoms with Gasteiger partial charge in [0, 0.05) is 5.69 Å². The third-order valence-corrected chi connectivity index (χ3v) is 3.23. The molecule has 0 spiro atoms. The summed E-state index contributed by atoms with van der Waals surface area (Å²) in [5, 5.41) is 2.55. The van der Waals surface area contributed by atoms with Crippen LogP contribution in [0.3, 0.4) is 0 Å². The molecule has 0 atom stereocenters. The first kappa shape index (κ1) is 19.3. The maximum absolute atomic E-state index is 12.5. The lowest BCUT2D eigenvalue weighted by atomic mass is 10.2. The van der Waals surface area contributed by atoms with Crippen LogP contribution >= 0.6 is 0 Å². The van der Waals surface area contributed by atoms with Gasteiger partial charge in [0.25, 0.3) is 5.91 Å². The zero-order valence-corrected chi connectivity index (χ0v) is 13.8. The smallest absolute Gasteiger partial charge is 0.416 e. The second-order valence-electron chi connectivity index (χ2n) is 5.16. The Morgan fingerprint density at radius 3 is 2.15 bits per heavy atom. The molecule has 0 aromatic heterocycles. The standard InChI is InChI=1S/C18H16F3NO4/c1-2-25-17(24)12-3-7-14(8-4-12)22-16(23)11-26-15-9-5-13(6-10-15)18(19,20)21/h3-10H,2,11H2,1H3,(H,22,23). The summed E-state index contributed by atoms with van der Waals surface area (Å²) < 4.78 is 47.4. The third kappa shape index (κ3) is 5.51. The summed E-state index contributed by atoms with van der Waals surface area (Å²) in [5.74, 6) is -0.810. The first-order valence-electron chi connectivity index (χ1n) is 7.66. The lowest BCUT2D eigenvalue weighted by Gasteiger charge is -2.10. The summed E-state index contributed by atoms with van der Waals surface area (Å²) in [7, 11) is 0. The molecule has 26 heavy (non-hydrogen) atoms. The number of carbonyl (C=O) groups excluding carboxylic acids is 2. The van der Waals surface area contributed by atoms with Crippen molar-refractivity contribution in [2.45, 2.75) is 13.1 Å². The van der Waals surface area contributed by atoms with E-state index >= 15 is 0 Å². The van der Waals surface area contributed by atoms with Gasteiger partial charge in [0.15, 0.2) is 6.61 Å². The van der Waals surface area contributed by atoms with Gasteiger partial charge in [0.1, 0.15) is 5.75 Å². The van der Waals surface area contributed by atoms with E-state index in [1.807, 2.05) is 0 Å². The highest BCUT2D eigenvalue weighted by molar-refractivity contribution is 5.93. The van der Waals surface area contributed by atoms with Crippen molar-refractivity contribution in [1.29, 1.82) is 0 Å². The molecule has 5 nitrogen and oxygen atoms in total. The normalized spacial score (nSPS) is 10.9. The fourth-order valence-electron chi connectivity index (χ4n) is 1.99. The molecule has 0 unspecified atom stereocenters. The second-order valence-corrected chi connectivity index (χ2v) is 5.16. The third-order valence-electron chi connectivity index (χ3n) is 3.23. The van der Waals surface area contributed by atoms with Gasteiger partial charge in [-0.05, 0) is 55.5 Å². The molecule has 0 aliphatic carbocycles. The molecule has 8 heteroatoms. The SMILES string of the molecule is CCOC(=O)c1ccc(NC(=O)COc2ccc(C(F)(F)F)cc2)cc1. The number of nitrogens with one attached hydrogen (secondary N) is 1. The number of hydrogen-bond donors (Lipinski definition) is 1. The molecular weight excluding hydrogens is 351 g/mol. The predicted molar refractivity (Wildman–Crippen MR) is 88.0 cm³/mol. The molecule has 0 fully saturated rings. The number of amides is 1. The topological polar surface area (TPSA) is 64.6 Å². The number of benzene rings is 2. The van der Waals surface area contributed by atoms with Gasteiger partial charge in [-0.25, -0.2) is 4.79 Å². The molecule has 2 aromatic rings. The molecule has 2 rings (SSSR count). The van der Waals surface area contributed by atoms with E-state index in [1.165, 1.54) is 24.3 Å². The van der Waals surface area contributed by atoms with Crippen molar-refractivity contribution >= 4 is 17.6 Å². The van der Waals surface area contributed by atoms with Crippen LogP contribution in [0.1, 0.15) is 22.8 Å². The fraction of sp³-hybridized carbons (Fsp3) is 0.222. The Balaban J connectivity index is 1.86. The number of rotatable bonds is 6. The summed E-state index contributed by atoms with van der Waals surface area (Å²) >= 11 is 0. The average molecular weight is 367 g/mol. The van der Waals surface area contributed by atoms with Crippen LogP contribution in [-0.4, -0.2) is 25.1 Å². The van der Waals surface area contributed by atoms with Gasteiger partial charge in [-0.1, -0.05) is 0 Å². The van der Waals surface area contributed by atoms with Crippen molar-refractivity contribution in [3.05, 3.63) is 59.7 Å². The lowest BCUT2D eigenvalue weighted by molar-refractivity contribution is -0.137. The van der Waals surface area contributed by atoms with E-state index in [-0.39, 0.29) is 19.0 Å². The zero-order valence-electron chi connectivity index (χ0n) is 13.8. The molecule has 2 aromatic carbocycles. The number of ether oxygens (including phenoxy) is 2. The first-order chi connectivity index (χ1) is 12.3. The molecule has 0 aliphatic heterocycles. The Labute approximate surface area is 147 Å². The highest BCUT2D eigenvalue weighted by Gasteiger charge is 2.30. The van der Waals surface area contributed by atoms with Crippen molar-refractivity contribution in [2.24, 2.45) is 0 Å². The zero-order chi connectivity index (χ0) is 19.2. The molecule has 0 saturated heterocycles. The van der Waals surface area contributed by atoms with Crippen LogP contribution in [-0.2, 0) is 15.7 Å². The van der Waals surface area contributed by atoms with E-state index < -0.39 is 23.6 Å². The summed E-state index contributed by atoms with van der Waals surface area (Å²) in [6.45, 7) is 1.59. The van der Waals surface area contributed by atoms with Gasteiger partial charge >= 0.3 is 12.1 Å². The van der Waals surface area contributed by atoms with Gasteiger partial charge in [0.2, 0.25) is 0 Å².